The molecule has 2 aliphatic heterocycles. The summed E-state index contributed by atoms with van der Waals surface area (Å²) in [4.78, 5) is 12.2. The Morgan fingerprint density at radius 3 is 2.56 bits per heavy atom. The zero-order valence-corrected chi connectivity index (χ0v) is 23.9. The summed E-state index contributed by atoms with van der Waals surface area (Å²) in [6.45, 7) is 14.7. The predicted octanol–water partition coefficient (Wildman–Crippen LogP) is 6.79. The predicted molar refractivity (Wildman–Crippen MR) is 156 cm³/mol. The Morgan fingerprint density at radius 2 is 1.90 bits per heavy atom. The van der Waals surface area contributed by atoms with Gasteiger partial charge in [-0.2, -0.15) is 0 Å². The SMILES string of the molecule is C=C1C(N2CCCC2C(C)(CC)CC)=c2cc(-c3ccc(F)c(CC)c3)cc(OC)c2=NC1c1cccnc1. The number of ether oxygens (including phenoxy) is 1. The summed E-state index contributed by atoms with van der Waals surface area (Å²) >= 11 is 0. The van der Waals surface area contributed by atoms with Gasteiger partial charge in [0.2, 0.25) is 0 Å². The van der Waals surface area contributed by atoms with Gasteiger partial charge < -0.3 is 9.64 Å². The molecule has 0 saturated carbocycles. The maximum absolute atomic E-state index is 14.4. The summed E-state index contributed by atoms with van der Waals surface area (Å²) in [5.41, 5.74) is 6.03. The molecule has 3 heterocycles. The van der Waals surface area contributed by atoms with Crippen molar-refractivity contribution in [2.24, 2.45) is 10.4 Å². The Kier molecular flexibility index (Phi) is 7.61. The number of rotatable bonds is 8. The summed E-state index contributed by atoms with van der Waals surface area (Å²) in [5, 5.41) is 1.88. The van der Waals surface area contributed by atoms with Crippen molar-refractivity contribution in [3.63, 3.8) is 0 Å². The minimum absolute atomic E-state index is 0.167. The lowest BCUT2D eigenvalue weighted by Crippen LogP contribution is -2.47. The molecule has 0 N–H and O–H groups in total. The number of hydrogen-bond donors (Lipinski definition) is 0. The fourth-order valence-corrected chi connectivity index (χ4v) is 6.41. The number of methoxy groups -OCH3 is 1. The van der Waals surface area contributed by atoms with Gasteiger partial charge in [-0.05, 0) is 95.7 Å². The number of pyridine rings is 1. The van der Waals surface area contributed by atoms with Crippen molar-refractivity contribution in [3.05, 3.63) is 94.5 Å². The molecule has 2 aromatic carbocycles. The summed E-state index contributed by atoms with van der Waals surface area (Å²) < 4.78 is 20.4. The van der Waals surface area contributed by atoms with Crippen molar-refractivity contribution in [2.75, 3.05) is 13.7 Å². The molecule has 5 heteroatoms. The molecule has 0 aliphatic carbocycles. The smallest absolute Gasteiger partial charge is 0.145 e. The topological polar surface area (TPSA) is 37.7 Å². The molecule has 2 aliphatic rings. The lowest BCUT2D eigenvalue weighted by molar-refractivity contribution is 0.143. The standard InChI is InChI=1S/C34H40FN3O/c1-7-23-18-24(14-15-28(23)35)26-19-27-32(29(20-26)39-6)37-31(25-12-10-16-36-21-25)22(4)33(27)38-17-11-13-30(38)34(5,8-2)9-3/h10,12,14-16,18-21,30-31H,4,7-9,11,13,17H2,1-3,5-6H3. The van der Waals surface area contributed by atoms with Crippen LogP contribution in [0.4, 0.5) is 4.39 Å². The van der Waals surface area contributed by atoms with Crippen LogP contribution in [0, 0.1) is 11.2 Å². The van der Waals surface area contributed by atoms with Crippen LogP contribution >= 0.6 is 0 Å². The molecule has 4 nitrogen and oxygen atoms in total. The minimum Gasteiger partial charge on any atom is -0.494 e. The molecule has 1 fully saturated rings. The number of likely N-dealkylation sites (tertiary alicyclic amines) is 1. The number of aromatic nitrogens is 1. The monoisotopic (exact) mass is 525 g/mol. The maximum atomic E-state index is 14.4. The van der Waals surface area contributed by atoms with E-state index in [0.29, 0.717) is 23.8 Å². The highest BCUT2D eigenvalue weighted by Crippen LogP contribution is 2.44. The third kappa shape index (κ3) is 4.77. The van der Waals surface area contributed by atoms with Crippen molar-refractivity contribution in [2.45, 2.75) is 71.9 Å². The van der Waals surface area contributed by atoms with Crippen LogP contribution in [-0.2, 0) is 6.42 Å². The van der Waals surface area contributed by atoms with Gasteiger partial charge in [0.05, 0.1) is 12.8 Å². The van der Waals surface area contributed by atoms with Gasteiger partial charge in [-0.15, -0.1) is 0 Å². The normalized spacial score (nSPS) is 19.2. The quantitative estimate of drug-likeness (QED) is 0.325. The maximum Gasteiger partial charge on any atom is 0.145 e. The fourth-order valence-electron chi connectivity index (χ4n) is 6.41. The van der Waals surface area contributed by atoms with Crippen LogP contribution in [0.2, 0.25) is 0 Å². The summed E-state index contributed by atoms with van der Waals surface area (Å²) in [6, 6.07) is 13.8. The zero-order chi connectivity index (χ0) is 27.7. The number of aryl methyl sites for hydroxylation is 1. The second kappa shape index (κ2) is 11.0. The van der Waals surface area contributed by atoms with Gasteiger partial charge in [0.1, 0.15) is 23.0 Å². The van der Waals surface area contributed by atoms with Crippen LogP contribution in [-0.4, -0.2) is 29.6 Å². The zero-order valence-electron chi connectivity index (χ0n) is 23.9. The van der Waals surface area contributed by atoms with Gasteiger partial charge >= 0.3 is 0 Å². The summed E-state index contributed by atoms with van der Waals surface area (Å²) in [6.07, 6.45) is 8.86. The van der Waals surface area contributed by atoms with E-state index in [-0.39, 0.29) is 17.3 Å². The third-order valence-corrected chi connectivity index (χ3v) is 9.16. The first kappa shape index (κ1) is 27.1. The van der Waals surface area contributed by atoms with Gasteiger partial charge in [0.25, 0.3) is 0 Å². The Bertz CT molecular complexity index is 1490. The van der Waals surface area contributed by atoms with Crippen molar-refractivity contribution >= 4 is 5.70 Å². The van der Waals surface area contributed by atoms with E-state index in [2.05, 4.69) is 49.4 Å². The molecule has 0 radical (unpaired) electrons. The van der Waals surface area contributed by atoms with E-state index >= 15 is 0 Å². The molecule has 5 rings (SSSR count). The number of fused-ring (bicyclic) bond motifs is 1. The van der Waals surface area contributed by atoms with Gasteiger partial charge in [-0.1, -0.05) is 46.4 Å². The molecular formula is C34H40FN3O. The van der Waals surface area contributed by atoms with Crippen molar-refractivity contribution in [1.82, 2.24) is 9.88 Å². The summed E-state index contributed by atoms with van der Waals surface area (Å²) in [5.74, 6) is 0.549. The van der Waals surface area contributed by atoms with Crippen LogP contribution < -0.4 is 15.3 Å². The van der Waals surface area contributed by atoms with Crippen LogP contribution in [0.3, 0.4) is 0 Å². The van der Waals surface area contributed by atoms with E-state index in [1.165, 1.54) is 0 Å². The Labute approximate surface area is 232 Å². The second-order valence-electron chi connectivity index (χ2n) is 11.1. The first-order valence-electron chi connectivity index (χ1n) is 14.3. The highest BCUT2D eigenvalue weighted by Gasteiger charge is 2.41. The molecular weight excluding hydrogens is 485 g/mol. The minimum atomic E-state index is -0.241. The Hall–Kier alpha value is -3.47. The van der Waals surface area contributed by atoms with Gasteiger partial charge in [-0.25, -0.2) is 4.39 Å². The second-order valence-corrected chi connectivity index (χ2v) is 11.1. The number of nitrogens with zero attached hydrogens (tertiary/aromatic N) is 3. The molecule has 39 heavy (non-hydrogen) atoms. The average molecular weight is 526 g/mol. The molecule has 1 aromatic heterocycles. The lowest BCUT2D eigenvalue weighted by atomic mass is 9.76. The number of halogens is 1. The number of hydrogen-bond acceptors (Lipinski definition) is 4. The number of benzene rings is 2. The first-order chi connectivity index (χ1) is 18.8. The third-order valence-electron chi connectivity index (χ3n) is 9.16. The fraction of sp³-hybridized carbons (Fsp3) is 0.412. The van der Waals surface area contributed by atoms with Crippen molar-refractivity contribution in [1.29, 1.82) is 0 Å². The van der Waals surface area contributed by atoms with E-state index in [0.717, 1.165) is 70.8 Å². The van der Waals surface area contributed by atoms with E-state index in [4.69, 9.17) is 9.73 Å². The van der Waals surface area contributed by atoms with Crippen LogP contribution in [0.5, 0.6) is 5.75 Å². The average Bonchev–Trinajstić information content (AvgIpc) is 3.46. The molecule has 0 spiro atoms. The first-order valence-corrected chi connectivity index (χ1v) is 14.3. The van der Waals surface area contributed by atoms with Crippen LogP contribution in [0.25, 0.3) is 16.8 Å². The molecule has 1 saturated heterocycles. The van der Waals surface area contributed by atoms with Crippen molar-refractivity contribution < 1.29 is 9.13 Å². The molecule has 2 atom stereocenters. The highest BCUT2D eigenvalue weighted by molar-refractivity contribution is 5.72. The van der Waals surface area contributed by atoms with Crippen molar-refractivity contribution in [3.8, 4) is 16.9 Å². The molecule has 3 aromatic rings. The lowest BCUT2D eigenvalue weighted by Gasteiger charge is -2.43. The molecule has 0 amide bonds. The van der Waals surface area contributed by atoms with E-state index in [9.17, 15) is 4.39 Å². The van der Waals surface area contributed by atoms with Gasteiger partial charge in [0.15, 0.2) is 0 Å². The highest BCUT2D eigenvalue weighted by atomic mass is 19.1. The molecule has 2 unspecified atom stereocenters. The molecule has 204 valence electrons. The van der Waals surface area contributed by atoms with Crippen LogP contribution in [0.1, 0.15) is 70.5 Å². The van der Waals surface area contributed by atoms with Gasteiger partial charge in [0, 0.05) is 30.2 Å². The van der Waals surface area contributed by atoms with E-state index in [1.807, 2.05) is 37.4 Å². The van der Waals surface area contributed by atoms with Crippen LogP contribution in [0.15, 0.2) is 72.0 Å². The Morgan fingerprint density at radius 1 is 1.10 bits per heavy atom. The molecule has 0 bridgehead atoms. The largest absolute Gasteiger partial charge is 0.494 e. The van der Waals surface area contributed by atoms with Gasteiger partial charge in [-0.3, -0.25) is 9.98 Å². The Balaban J connectivity index is 1.81. The van der Waals surface area contributed by atoms with E-state index in [1.54, 1.807) is 19.4 Å². The van der Waals surface area contributed by atoms with E-state index < -0.39 is 0 Å². The summed E-state index contributed by atoms with van der Waals surface area (Å²) in [7, 11) is 1.70.